The zero-order chi connectivity index (χ0) is 9.14. The number of halogens is 1. The molecule has 2 heteroatoms. The Balaban J connectivity index is 3.18. The topological polar surface area (TPSA) is 12.0 Å². The molecule has 1 rings (SSSR count). The van der Waals surface area contributed by atoms with Crippen molar-refractivity contribution >= 4 is 21.8 Å². The summed E-state index contributed by atoms with van der Waals surface area (Å²) in [6, 6.07) is 6.36. The van der Waals surface area contributed by atoms with Crippen LogP contribution >= 0.6 is 16.1 Å². The molecule has 1 nitrogen and oxygen atoms in total. The fraction of sp³-hybridized carbons (Fsp3) is 0.400. The summed E-state index contributed by atoms with van der Waals surface area (Å²) in [4.78, 5) is 0. The van der Waals surface area contributed by atoms with E-state index in [2.05, 4.69) is 59.5 Å². The quantitative estimate of drug-likeness (QED) is 0.758. The van der Waals surface area contributed by atoms with Gasteiger partial charge in [-0.3, -0.25) is 0 Å². The highest BCUT2D eigenvalue weighted by molar-refractivity contribution is 9.10. The lowest BCUT2D eigenvalue weighted by molar-refractivity contribution is 0.868. The first-order valence-electron chi connectivity index (χ1n) is 4.13. The van der Waals surface area contributed by atoms with Gasteiger partial charge in [0.05, 0.1) is 5.69 Å². The molecule has 1 N–H and O–H groups in total. The Labute approximate surface area is 82.5 Å². The number of anilines is 1. The number of nitrogens with one attached hydrogen (secondary N) is 1. The highest BCUT2D eigenvalue weighted by Crippen LogP contribution is 2.27. The molecule has 0 fully saturated rings. The van der Waals surface area contributed by atoms with E-state index in [4.69, 9.17) is 0 Å². The van der Waals surface area contributed by atoms with Gasteiger partial charge in [0.2, 0.25) is 0 Å². The second-order valence-corrected chi connectivity index (χ2v) is 3.68. The number of hydrogen-bond acceptors (Lipinski definition) is 1. The highest BCUT2D eigenvalue weighted by atomic mass is 79.9. The molecular formula is C10H14BrN. The fourth-order valence-corrected chi connectivity index (χ4v) is 1.84. The second kappa shape index (κ2) is 3.94. The molecule has 0 aliphatic heterocycles. The van der Waals surface area contributed by atoms with E-state index in [0.717, 1.165) is 0 Å². The molecule has 0 saturated carbocycles. The van der Waals surface area contributed by atoms with Crippen molar-refractivity contribution in [3.8, 4) is 0 Å². The van der Waals surface area contributed by atoms with Crippen LogP contribution in [0.3, 0.4) is 0 Å². The molecule has 0 aliphatic carbocycles. The van der Waals surface area contributed by atoms with Crippen molar-refractivity contribution < 1.29 is 0 Å². The molecular weight excluding hydrogens is 214 g/mol. The Morgan fingerprint density at radius 3 is 2.42 bits per heavy atom. The molecule has 0 aliphatic rings. The van der Waals surface area contributed by atoms with Gasteiger partial charge in [-0.15, -0.1) is 0 Å². The minimum absolute atomic E-state index is 0.560. The van der Waals surface area contributed by atoms with Gasteiger partial charge >= 0.3 is 0 Å². The van der Waals surface area contributed by atoms with E-state index in [1.54, 1.807) is 0 Å². The molecule has 0 bridgehead atoms. The van der Waals surface area contributed by atoms with Crippen molar-refractivity contribution in [1.29, 1.82) is 0 Å². The van der Waals surface area contributed by atoms with Crippen LogP contribution in [0.25, 0.3) is 0 Å². The summed E-state index contributed by atoms with van der Waals surface area (Å²) in [5, 5.41) is 0. The zero-order valence-electron chi connectivity index (χ0n) is 7.69. The molecule has 0 aromatic heterocycles. The molecule has 0 unspecified atom stereocenters. The van der Waals surface area contributed by atoms with E-state index in [0.29, 0.717) is 5.92 Å². The van der Waals surface area contributed by atoms with Gasteiger partial charge in [0.25, 0.3) is 0 Å². The summed E-state index contributed by atoms with van der Waals surface area (Å²) in [5.74, 6) is 0.560. The van der Waals surface area contributed by atoms with Gasteiger partial charge in [-0.2, -0.15) is 0 Å². The number of hydrogen-bond donors (Lipinski definition) is 1. The molecule has 0 spiro atoms. The molecule has 0 amide bonds. The van der Waals surface area contributed by atoms with Gasteiger partial charge in [-0.05, 0) is 24.0 Å². The Bertz CT molecular complexity index is 269. The van der Waals surface area contributed by atoms with Crippen LogP contribution in [0.4, 0.5) is 5.69 Å². The molecule has 0 heterocycles. The summed E-state index contributed by atoms with van der Waals surface area (Å²) in [7, 11) is 0. The Kier molecular flexibility index (Phi) is 3.15. The maximum Gasteiger partial charge on any atom is 0.0505 e. The summed E-state index contributed by atoms with van der Waals surface area (Å²) >= 11 is 3.28. The van der Waals surface area contributed by atoms with Crippen LogP contribution in [-0.4, -0.2) is 0 Å². The van der Waals surface area contributed by atoms with E-state index < -0.39 is 0 Å². The first kappa shape index (κ1) is 9.59. The van der Waals surface area contributed by atoms with Crippen LogP contribution in [0.15, 0.2) is 18.2 Å². The monoisotopic (exact) mass is 227 g/mol. The van der Waals surface area contributed by atoms with Crippen molar-refractivity contribution in [2.45, 2.75) is 26.7 Å². The third kappa shape index (κ3) is 1.81. The summed E-state index contributed by atoms with van der Waals surface area (Å²) < 4.78 is 3.06. The minimum atomic E-state index is 0.560. The summed E-state index contributed by atoms with van der Waals surface area (Å²) in [6.45, 7) is 6.50. The average Bonchev–Trinajstić information content (AvgIpc) is 2.03. The third-order valence-corrected chi connectivity index (χ3v) is 2.42. The van der Waals surface area contributed by atoms with E-state index in [1.807, 2.05) is 0 Å². The van der Waals surface area contributed by atoms with E-state index in [9.17, 15) is 0 Å². The lowest BCUT2D eigenvalue weighted by Crippen LogP contribution is -1.95. The van der Waals surface area contributed by atoms with Crippen molar-refractivity contribution in [2.24, 2.45) is 0 Å². The van der Waals surface area contributed by atoms with E-state index >= 15 is 0 Å². The van der Waals surface area contributed by atoms with Crippen molar-refractivity contribution in [1.82, 2.24) is 0 Å². The molecule has 1 aromatic rings. The van der Waals surface area contributed by atoms with Gasteiger partial charge in [0.1, 0.15) is 0 Å². The van der Waals surface area contributed by atoms with Crippen LogP contribution < -0.4 is 4.34 Å². The smallest absolute Gasteiger partial charge is 0.0505 e. The first-order valence-corrected chi connectivity index (χ1v) is 4.92. The SMILES string of the molecule is Cc1cccc(C(C)C)c1NBr. The van der Waals surface area contributed by atoms with Gasteiger partial charge in [-0.1, -0.05) is 32.0 Å². The van der Waals surface area contributed by atoms with Gasteiger partial charge in [0, 0.05) is 16.1 Å². The molecule has 12 heavy (non-hydrogen) atoms. The number of rotatable bonds is 2. The van der Waals surface area contributed by atoms with Crippen LogP contribution in [-0.2, 0) is 0 Å². The lowest BCUT2D eigenvalue weighted by atomic mass is 9.99. The van der Waals surface area contributed by atoms with Gasteiger partial charge in [0.15, 0.2) is 0 Å². The van der Waals surface area contributed by atoms with E-state index in [1.165, 1.54) is 16.8 Å². The summed E-state index contributed by atoms with van der Waals surface area (Å²) in [5.41, 5.74) is 3.83. The predicted octanol–water partition coefficient (Wildman–Crippen LogP) is 3.84. The molecule has 0 radical (unpaired) electrons. The fourth-order valence-electron chi connectivity index (χ4n) is 1.30. The summed E-state index contributed by atoms with van der Waals surface area (Å²) in [6.07, 6.45) is 0. The molecule has 1 aromatic carbocycles. The van der Waals surface area contributed by atoms with Crippen molar-refractivity contribution in [3.63, 3.8) is 0 Å². The van der Waals surface area contributed by atoms with Crippen molar-refractivity contribution in [3.05, 3.63) is 29.3 Å². The van der Waals surface area contributed by atoms with Gasteiger partial charge in [-0.25, -0.2) is 0 Å². The number of para-hydroxylation sites is 1. The van der Waals surface area contributed by atoms with Gasteiger partial charge < -0.3 is 4.34 Å². The Morgan fingerprint density at radius 1 is 1.33 bits per heavy atom. The van der Waals surface area contributed by atoms with Crippen LogP contribution in [0.1, 0.15) is 30.9 Å². The van der Waals surface area contributed by atoms with Crippen LogP contribution in [0.2, 0.25) is 0 Å². The number of aryl methyl sites for hydroxylation is 1. The minimum Gasteiger partial charge on any atom is -0.322 e. The largest absolute Gasteiger partial charge is 0.322 e. The maximum absolute atomic E-state index is 3.28. The third-order valence-electron chi connectivity index (χ3n) is 2.02. The van der Waals surface area contributed by atoms with Crippen molar-refractivity contribution in [2.75, 3.05) is 4.34 Å². The number of benzene rings is 1. The maximum atomic E-state index is 3.28. The average molecular weight is 228 g/mol. The van der Waals surface area contributed by atoms with Crippen LogP contribution in [0.5, 0.6) is 0 Å². The second-order valence-electron chi connectivity index (χ2n) is 3.29. The van der Waals surface area contributed by atoms with E-state index in [-0.39, 0.29) is 0 Å². The Hall–Kier alpha value is -0.500. The normalized spacial score (nSPS) is 10.4. The Morgan fingerprint density at radius 2 is 2.00 bits per heavy atom. The molecule has 0 saturated heterocycles. The lowest BCUT2D eigenvalue weighted by Gasteiger charge is -2.13. The first-order chi connectivity index (χ1) is 5.66. The standard InChI is InChI=1S/C10H14BrN/c1-7(2)9-6-4-5-8(3)10(9)12-11/h4-7,12H,1-3H3. The van der Waals surface area contributed by atoms with Crippen LogP contribution in [0, 0.1) is 6.92 Å². The molecule has 66 valence electrons. The predicted molar refractivity (Wildman–Crippen MR) is 57.8 cm³/mol. The zero-order valence-corrected chi connectivity index (χ0v) is 9.27. The highest BCUT2D eigenvalue weighted by Gasteiger charge is 2.06. The molecule has 0 atom stereocenters.